The zero-order chi connectivity index (χ0) is 15.1. The van der Waals surface area contributed by atoms with Gasteiger partial charge in [-0.1, -0.05) is 42.1 Å². The molecule has 0 bridgehead atoms. The average molecular weight is 303 g/mol. The molecule has 0 amide bonds. The minimum absolute atomic E-state index is 1.23. The van der Waals surface area contributed by atoms with Crippen LogP contribution < -0.4 is 4.90 Å². The highest BCUT2D eigenvalue weighted by Gasteiger charge is 2.24. The molecule has 1 nitrogen and oxygen atoms in total. The van der Waals surface area contributed by atoms with Crippen LogP contribution in [0.4, 0.5) is 17.1 Å². The zero-order valence-electron chi connectivity index (χ0n) is 12.7. The Morgan fingerprint density at radius 1 is 0.682 bits per heavy atom. The molecule has 0 spiro atoms. The molecule has 0 atom stereocenters. The van der Waals surface area contributed by atoms with Crippen molar-refractivity contribution in [3.8, 4) is 0 Å². The number of nitrogens with zero attached hydrogens (tertiary/aromatic N) is 1. The summed E-state index contributed by atoms with van der Waals surface area (Å²) >= 11 is 1.85. The van der Waals surface area contributed by atoms with Gasteiger partial charge in [0, 0.05) is 15.5 Å². The summed E-state index contributed by atoms with van der Waals surface area (Å²) in [5.41, 5.74) is 6.40. The fourth-order valence-corrected chi connectivity index (χ4v) is 3.91. The number of hydrogen-bond acceptors (Lipinski definition) is 2. The summed E-state index contributed by atoms with van der Waals surface area (Å²) in [4.78, 5) is 4.98. The molecule has 3 aromatic rings. The number of rotatable bonds is 1. The molecule has 108 valence electrons. The number of hydrogen-bond donors (Lipinski definition) is 0. The molecular formula is C20H17NS. The quantitative estimate of drug-likeness (QED) is 0.409. The van der Waals surface area contributed by atoms with E-state index in [9.17, 15) is 0 Å². The molecule has 2 heteroatoms. The lowest BCUT2D eigenvalue weighted by Crippen LogP contribution is -2.14. The first-order chi connectivity index (χ1) is 10.7. The Hall–Kier alpha value is -2.19. The lowest BCUT2D eigenvalue weighted by Gasteiger charge is -2.33. The van der Waals surface area contributed by atoms with Crippen molar-refractivity contribution >= 4 is 28.8 Å². The third kappa shape index (κ3) is 2.11. The highest BCUT2D eigenvalue weighted by molar-refractivity contribution is 7.99. The maximum absolute atomic E-state index is 2.37. The Kier molecular flexibility index (Phi) is 3.20. The van der Waals surface area contributed by atoms with Crippen molar-refractivity contribution < 1.29 is 0 Å². The molecule has 0 unspecified atom stereocenters. The van der Waals surface area contributed by atoms with Crippen molar-refractivity contribution in [2.24, 2.45) is 0 Å². The van der Waals surface area contributed by atoms with E-state index in [0.717, 1.165) is 0 Å². The number of benzene rings is 3. The second-order valence-electron chi connectivity index (χ2n) is 5.64. The number of anilines is 3. The first-order valence-electron chi connectivity index (χ1n) is 7.47. The number of aryl methyl sites for hydroxylation is 2. The van der Waals surface area contributed by atoms with E-state index in [1.165, 1.54) is 38.0 Å². The maximum atomic E-state index is 2.37. The maximum Gasteiger partial charge on any atom is 0.0601 e. The molecule has 22 heavy (non-hydrogen) atoms. The van der Waals surface area contributed by atoms with Gasteiger partial charge in [0.25, 0.3) is 0 Å². The fourth-order valence-electron chi connectivity index (χ4n) is 2.85. The van der Waals surface area contributed by atoms with Gasteiger partial charge in [-0.3, -0.25) is 0 Å². The van der Waals surface area contributed by atoms with Crippen molar-refractivity contribution in [2.75, 3.05) is 4.90 Å². The number of fused-ring (bicyclic) bond motifs is 2. The summed E-state index contributed by atoms with van der Waals surface area (Å²) in [5.74, 6) is 0. The Labute approximate surface area is 135 Å². The summed E-state index contributed by atoms with van der Waals surface area (Å²) in [6.45, 7) is 4.34. The first kappa shape index (κ1) is 13.5. The van der Waals surface area contributed by atoms with Crippen LogP contribution in [0.25, 0.3) is 0 Å². The Morgan fingerprint density at radius 2 is 1.27 bits per heavy atom. The molecule has 4 rings (SSSR count). The van der Waals surface area contributed by atoms with Crippen LogP contribution in [0.3, 0.4) is 0 Å². The van der Waals surface area contributed by atoms with Gasteiger partial charge in [0.2, 0.25) is 0 Å². The number of para-hydroxylation sites is 2. The molecule has 0 saturated heterocycles. The van der Waals surface area contributed by atoms with Crippen LogP contribution in [-0.2, 0) is 0 Å². The third-order valence-electron chi connectivity index (χ3n) is 4.18. The van der Waals surface area contributed by atoms with Crippen molar-refractivity contribution in [1.82, 2.24) is 0 Å². The minimum Gasteiger partial charge on any atom is -0.308 e. The van der Waals surface area contributed by atoms with E-state index in [-0.39, 0.29) is 0 Å². The molecule has 3 aromatic carbocycles. The third-order valence-corrected chi connectivity index (χ3v) is 5.31. The van der Waals surface area contributed by atoms with Gasteiger partial charge in [-0.25, -0.2) is 0 Å². The smallest absolute Gasteiger partial charge is 0.0601 e. The van der Waals surface area contributed by atoms with E-state index in [1.54, 1.807) is 0 Å². The normalized spacial score (nSPS) is 12.7. The molecule has 1 heterocycles. The molecule has 0 fully saturated rings. The van der Waals surface area contributed by atoms with Crippen molar-refractivity contribution in [2.45, 2.75) is 23.6 Å². The van der Waals surface area contributed by atoms with Crippen molar-refractivity contribution in [1.29, 1.82) is 0 Å². The monoisotopic (exact) mass is 303 g/mol. The van der Waals surface area contributed by atoms with Gasteiger partial charge in [0.05, 0.1) is 11.4 Å². The summed E-state index contributed by atoms with van der Waals surface area (Å²) in [7, 11) is 0. The van der Waals surface area contributed by atoms with Crippen LogP contribution in [0, 0.1) is 13.8 Å². The predicted octanol–water partition coefficient (Wildman–Crippen LogP) is 6.24. The summed E-state index contributed by atoms with van der Waals surface area (Å²) in [6.07, 6.45) is 0. The van der Waals surface area contributed by atoms with Gasteiger partial charge in [0.15, 0.2) is 0 Å². The van der Waals surface area contributed by atoms with Crippen molar-refractivity contribution in [3.63, 3.8) is 0 Å². The van der Waals surface area contributed by atoms with E-state index in [0.29, 0.717) is 0 Å². The van der Waals surface area contributed by atoms with E-state index in [2.05, 4.69) is 85.5 Å². The van der Waals surface area contributed by atoms with Crippen LogP contribution >= 0.6 is 11.8 Å². The zero-order valence-corrected chi connectivity index (χ0v) is 13.5. The standard InChI is InChI=1S/C20H17NS/c1-14-11-12-16(13-15(14)2)21-17-7-3-5-9-19(17)22-20-10-6-4-8-18(20)21/h3-13H,1-2H3. The molecular weight excluding hydrogens is 286 g/mol. The molecule has 0 aliphatic carbocycles. The van der Waals surface area contributed by atoms with Gasteiger partial charge in [-0.15, -0.1) is 0 Å². The molecule has 0 radical (unpaired) electrons. The van der Waals surface area contributed by atoms with Crippen LogP contribution in [0.1, 0.15) is 11.1 Å². The topological polar surface area (TPSA) is 3.24 Å². The molecule has 1 aliphatic heterocycles. The molecule has 0 N–H and O–H groups in total. The van der Waals surface area contributed by atoms with Crippen LogP contribution in [0.2, 0.25) is 0 Å². The summed E-state index contributed by atoms with van der Waals surface area (Å²) in [5, 5.41) is 0. The van der Waals surface area contributed by atoms with Gasteiger partial charge < -0.3 is 4.90 Å². The van der Waals surface area contributed by atoms with Gasteiger partial charge in [-0.2, -0.15) is 0 Å². The fraction of sp³-hybridized carbons (Fsp3) is 0.100. The Bertz CT molecular complexity index is 808. The highest BCUT2D eigenvalue weighted by Crippen LogP contribution is 2.51. The predicted molar refractivity (Wildman–Crippen MR) is 94.7 cm³/mol. The molecule has 0 aromatic heterocycles. The SMILES string of the molecule is Cc1ccc(N2c3ccccc3Sc3ccccc32)cc1C. The molecule has 0 saturated carbocycles. The van der Waals surface area contributed by atoms with E-state index < -0.39 is 0 Å². The van der Waals surface area contributed by atoms with Crippen molar-refractivity contribution in [3.05, 3.63) is 77.9 Å². The Balaban J connectivity index is 1.96. The van der Waals surface area contributed by atoms with E-state index >= 15 is 0 Å². The van der Waals surface area contributed by atoms with Crippen LogP contribution in [0.5, 0.6) is 0 Å². The first-order valence-corrected chi connectivity index (χ1v) is 8.29. The average Bonchev–Trinajstić information content (AvgIpc) is 2.55. The second kappa shape index (κ2) is 5.22. The van der Waals surface area contributed by atoms with E-state index in [4.69, 9.17) is 0 Å². The Morgan fingerprint density at radius 3 is 1.86 bits per heavy atom. The minimum atomic E-state index is 1.23. The van der Waals surface area contributed by atoms with Crippen LogP contribution in [-0.4, -0.2) is 0 Å². The van der Waals surface area contributed by atoms with Gasteiger partial charge in [0.1, 0.15) is 0 Å². The summed E-state index contributed by atoms with van der Waals surface area (Å²) in [6, 6.07) is 23.9. The lowest BCUT2D eigenvalue weighted by molar-refractivity contribution is 1.16. The highest BCUT2D eigenvalue weighted by atomic mass is 32.2. The summed E-state index contributed by atoms with van der Waals surface area (Å²) < 4.78 is 0. The van der Waals surface area contributed by atoms with E-state index in [1.807, 2.05) is 11.8 Å². The van der Waals surface area contributed by atoms with Gasteiger partial charge in [-0.05, 0) is 61.4 Å². The van der Waals surface area contributed by atoms with Gasteiger partial charge >= 0.3 is 0 Å². The molecule has 1 aliphatic rings. The van der Waals surface area contributed by atoms with Crippen LogP contribution in [0.15, 0.2) is 76.5 Å². The lowest BCUT2D eigenvalue weighted by atomic mass is 10.1. The largest absolute Gasteiger partial charge is 0.308 e. The second-order valence-corrected chi connectivity index (χ2v) is 6.73.